The Kier molecular flexibility index (Phi) is 9.25. The van der Waals surface area contributed by atoms with Crippen LogP contribution in [-0.2, 0) is 6.54 Å². The van der Waals surface area contributed by atoms with Crippen LogP contribution in [-0.4, -0.2) is 114 Å². The van der Waals surface area contributed by atoms with Gasteiger partial charge in [-0.2, -0.15) is 32.6 Å². The molecule has 4 aromatic heterocycles. The number of nitrogens with one attached hydrogen (secondary N) is 1. The summed E-state index contributed by atoms with van der Waals surface area (Å²) in [6, 6.07) is 4.87. The van der Waals surface area contributed by atoms with Crippen LogP contribution >= 0.6 is 0 Å². The Morgan fingerprint density at radius 1 is 1.13 bits per heavy atom. The van der Waals surface area contributed by atoms with E-state index in [0.29, 0.717) is 5.82 Å². The highest BCUT2D eigenvalue weighted by Crippen LogP contribution is 2.38. The molecule has 0 saturated carbocycles. The summed E-state index contributed by atoms with van der Waals surface area (Å²) in [4.78, 5) is 23.6. The highest BCUT2D eigenvalue weighted by atomic mass is 19.3. The topological polar surface area (TPSA) is 146 Å². The highest BCUT2D eigenvalue weighted by Gasteiger charge is 2.30. The number of fused-ring (bicyclic) bond motifs is 1. The van der Waals surface area contributed by atoms with E-state index in [1.165, 1.54) is 27.8 Å². The fraction of sp³-hybridized carbons (Fsp3) is 0.393. The minimum Gasteiger partial charge on any atom is -0.435 e. The van der Waals surface area contributed by atoms with E-state index in [2.05, 4.69) is 55.2 Å². The fourth-order valence-corrected chi connectivity index (χ4v) is 5.14. The number of nitrogens with zero attached hydrogens (tertiary/aromatic N) is 11. The molecule has 1 amide bonds. The lowest BCUT2D eigenvalue weighted by atomic mass is 10.1. The van der Waals surface area contributed by atoms with Crippen molar-refractivity contribution in [3.63, 3.8) is 0 Å². The molecule has 1 aromatic carbocycles. The molecule has 5 aromatic rings. The maximum Gasteiger partial charge on any atom is 0.387 e. The molecule has 19 heteroatoms. The van der Waals surface area contributed by atoms with Gasteiger partial charge in [0, 0.05) is 31.7 Å². The predicted molar refractivity (Wildman–Crippen MR) is 157 cm³/mol. The molecule has 1 aliphatic rings. The standard InChI is InChI=1S/C28H30F4N12O3/c1-40(2)8-4-9-41-13-17(14-41)44-37-23(36-39-44)16-42-15-21(35-26(45)20-12-34-43-10-3-7-33-25(20)43)24(38-42)19-11-18(46-27(29)30)5-6-22(19)47-28(31)32/h3,5-7,10-12,15,17,27-28H,4,8-9,13-14,16H2,1-2H3,(H,35,45). The SMILES string of the molecule is CN(C)CCCN1CC(n2nnc(Cn3cc(NC(=O)c4cnn5cccnc45)c(-c4cc(OC(F)F)ccc4OC(F)F)n3)n2)C1. The van der Waals surface area contributed by atoms with Gasteiger partial charge in [0.15, 0.2) is 11.5 Å². The van der Waals surface area contributed by atoms with Gasteiger partial charge in [0.2, 0.25) is 0 Å². The van der Waals surface area contributed by atoms with Crippen LogP contribution in [0.5, 0.6) is 11.5 Å². The van der Waals surface area contributed by atoms with Crippen LogP contribution in [0.3, 0.4) is 0 Å². The number of tetrazole rings is 1. The number of aromatic nitrogens is 9. The van der Waals surface area contributed by atoms with E-state index < -0.39 is 19.1 Å². The molecule has 1 saturated heterocycles. The highest BCUT2D eigenvalue weighted by molar-refractivity contribution is 6.09. The van der Waals surface area contributed by atoms with E-state index in [1.54, 1.807) is 17.1 Å². The molecule has 6 rings (SSSR count). The number of benzene rings is 1. The Morgan fingerprint density at radius 3 is 2.70 bits per heavy atom. The van der Waals surface area contributed by atoms with E-state index in [0.717, 1.165) is 50.8 Å². The zero-order valence-electron chi connectivity index (χ0n) is 25.2. The summed E-state index contributed by atoms with van der Waals surface area (Å²) in [6.45, 7) is -2.90. The summed E-state index contributed by atoms with van der Waals surface area (Å²) in [7, 11) is 4.07. The Morgan fingerprint density at radius 2 is 1.94 bits per heavy atom. The van der Waals surface area contributed by atoms with E-state index in [9.17, 15) is 22.4 Å². The zero-order valence-corrected chi connectivity index (χ0v) is 25.2. The van der Waals surface area contributed by atoms with Crippen LogP contribution in [0, 0.1) is 0 Å². The van der Waals surface area contributed by atoms with Crippen molar-refractivity contribution in [2.75, 3.05) is 45.6 Å². The largest absolute Gasteiger partial charge is 0.435 e. The van der Waals surface area contributed by atoms with Gasteiger partial charge in [-0.1, -0.05) is 0 Å². The summed E-state index contributed by atoms with van der Waals surface area (Å²) in [5.41, 5.74) is 0.206. The number of alkyl halides is 4. The summed E-state index contributed by atoms with van der Waals surface area (Å²) in [5.74, 6) is -1.06. The van der Waals surface area contributed by atoms with Crippen molar-refractivity contribution in [1.29, 1.82) is 0 Å². The molecule has 0 bridgehead atoms. The van der Waals surface area contributed by atoms with Crippen LogP contribution < -0.4 is 14.8 Å². The van der Waals surface area contributed by atoms with Crippen LogP contribution in [0.15, 0.2) is 49.1 Å². The number of anilines is 1. The number of hydrogen-bond acceptors (Lipinski definition) is 11. The average molecular weight is 659 g/mol. The molecule has 0 atom stereocenters. The van der Waals surface area contributed by atoms with Gasteiger partial charge in [0.1, 0.15) is 29.3 Å². The number of halogens is 4. The van der Waals surface area contributed by atoms with Crippen LogP contribution in [0.2, 0.25) is 0 Å². The van der Waals surface area contributed by atoms with Crippen molar-refractivity contribution in [1.82, 2.24) is 54.4 Å². The maximum atomic E-state index is 13.4. The molecule has 1 fully saturated rings. The van der Waals surface area contributed by atoms with Crippen molar-refractivity contribution in [3.8, 4) is 22.8 Å². The van der Waals surface area contributed by atoms with Crippen molar-refractivity contribution in [3.05, 3.63) is 60.4 Å². The fourth-order valence-electron chi connectivity index (χ4n) is 5.14. The summed E-state index contributed by atoms with van der Waals surface area (Å²) >= 11 is 0. The second-order valence-electron chi connectivity index (χ2n) is 11.0. The second kappa shape index (κ2) is 13.7. The van der Waals surface area contributed by atoms with E-state index in [4.69, 9.17) is 0 Å². The van der Waals surface area contributed by atoms with Crippen molar-refractivity contribution in [2.45, 2.75) is 32.2 Å². The molecule has 47 heavy (non-hydrogen) atoms. The molecule has 0 radical (unpaired) electrons. The smallest absolute Gasteiger partial charge is 0.387 e. The Bertz CT molecular complexity index is 1840. The van der Waals surface area contributed by atoms with Crippen molar-refractivity contribution >= 4 is 17.2 Å². The summed E-state index contributed by atoms with van der Waals surface area (Å²) in [6.07, 6.45) is 6.89. The van der Waals surface area contributed by atoms with E-state index in [1.807, 2.05) is 14.1 Å². The third kappa shape index (κ3) is 7.46. The van der Waals surface area contributed by atoms with Crippen molar-refractivity contribution < 1.29 is 31.8 Å². The Labute approximate surface area is 264 Å². The number of hydrogen-bond donors (Lipinski definition) is 1. The van der Waals surface area contributed by atoms with Gasteiger partial charge < -0.3 is 19.7 Å². The first-order valence-corrected chi connectivity index (χ1v) is 14.5. The molecule has 15 nitrogen and oxygen atoms in total. The van der Waals surface area contributed by atoms with Gasteiger partial charge in [-0.3, -0.25) is 14.4 Å². The lowest BCUT2D eigenvalue weighted by Crippen LogP contribution is -2.49. The molecule has 1 aliphatic heterocycles. The van der Waals surface area contributed by atoms with Gasteiger partial charge >= 0.3 is 13.2 Å². The van der Waals surface area contributed by atoms with Gasteiger partial charge in [-0.15, -0.1) is 10.2 Å². The molecule has 0 unspecified atom stereocenters. The van der Waals surface area contributed by atoms with E-state index in [-0.39, 0.29) is 52.2 Å². The first kappa shape index (κ1) is 31.8. The molecule has 248 valence electrons. The van der Waals surface area contributed by atoms with E-state index >= 15 is 0 Å². The van der Waals surface area contributed by atoms with Gasteiger partial charge in [0.05, 0.1) is 23.5 Å². The molecule has 0 spiro atoms. The lowest BCUT2D eigenvalue weighted by Gasteiger charge is -2.38. The summed E-state index contributed by atoms with van der Waals surface area (Å²) < 4.78 is 64.8. The summed E-state index contributed by atoms with van der Waals surface area (Å²) in [5, 5.41) is 24.1. The zero-order chi connectivity index (χ0) is 33.1. The van der Waals surface area contributed by atoms with Gasteiger partial charge in [0.25, 0.3) is 5.91 Å². The number of amides is 1. The minimum absolute atomic E-state index is 0.0152. The maximum absolute atomic E-state index is 13.4. The third-order valence-electron chi connectivity index (χ3n) is 7.30. The normalized spacial score (nSPS) is 14.0. The third-order valence-corrected chi connectivity index (χ3v) is 7.30. The molecular formula is C28H30F4N12O3. The van der Waals surface area contributed by atoms with Gasteiger partial charge in [-0.25, -0.2) is 9.50 Å². The first-order chi connectivity index (χ1) is 22.6. The van der Waals surface area contributed by atoms with Gasteiger partial charge in [-0.05, 0) is 63.1 Å². The Hall–Kier alpha value is -5.17. The number of likely N-dealkylation sites (tertiary alicyclic amines) is 1. The van der Waals surface area contributed by atoms with Crippen molar-refractivity contribution in [2.24, 2.45) is 0 Å². The predicted octanol–water partition coefficient (Wildman–Crippen LogP) is 2.89. The number of rotatable bonds is 14. The quantitative estimate of drug-likeness (QED) is 0.176. The molecule has 1 N–H and O–H groups in total. The first-order valence-electron chi connectivity index (χ1n) is 14.5. The average Bonchev–Trinajstić information content (AvgIpc) is 3.73. The monoisotopic (exact) mass is 658 g/mol. The lowest BCUT2D eigenvalue weighted by molar-refractivity contribution is -0.0526. The van der Waals surface area contributed by atoms with Crippen LogP contribution in [0.1, 0.15) is 28.6 Å². The molecule has 0 aliphatic carbocycles. The molecular weight excluding hydrogens is 628 g/mol. The molecule has 5 heterocycles. The Balaban J connectivity index is 1.28. The van der Waals surface area contributed by atoms with Crippen LogP contribution in [0.4, 0.5) is 23.2 Å². The second-order valence-corrected chi connectivity index (χ2v) is 11.0. The number of carbonyl (C=O) groups is 1. The van der Waals surface area contributed by atoms with Crippen LogP contribution in [0.25, 0.3) is 16.9 Å². The number of ether oxygens (including phenoxy) is 2. The number of carbonyl (C=O) groups excluding carboxylic acids is 1. The minimum atomic E-state index is -3.24.